The Hall–Kier alpha value is -0.120. The lowest BCUT2D eigenvalue weighted by molar-refractivity contribution is 0.00271. The number of hydrogen-bond donors (Lipinski definition) is 0. The molecule has 0 saturated carbocycles. The highest BCUT2D eigenvalue weighted by Crippen LogP contribution is 2.44. The first-order valence-electron chi connectivity index (χ1n) is 15.0. The third-order valence-corrected chi connectivity index (χ3v) is 8.34. The van der Waals surface area contributed by atoms with Crippen LogP contribution in [0.15, 0.2) is 0 Å². The fourth-order valence-electron chi connectivity index (χ4n) is 5.69. The summed E-state index contributed by atoms with van der Waals surface area (Å²) in [6, 6.07) is 0. The minimum absolute atomic E-state index is 0.00900. The molecular weight excluding hydrogens is 408 g/mol. The highest BCUT2D eigenvalue weighted by atomic mass is 16.6. The van der Waals surface area contributed by atoms with Crippen molar-refractivity contribution in [2.75, 3.05) is 26.4 Å². The van der Waals surface area contributed by atoms with Crippen LogP contribution in [0.5, 0.6) is 0 Å². The van der Waals surface area contributed by atoms with E-state index in [9.17, 15) is 0 Å². The maximum absolute atomic E-state index is 6.45. The molecule has 0 aromatic rings. The highest BCUT2D eigenvalue weighted by molar-refractivity contribution is 5.01. The van der Waals surface area contributed by atoms with Crippen molar-refractivity contribution in [1.29, 1.82) is 0 Å². The second-order valence-corrected chi connectivity index (χ2v) is 11.3. The molecule has 196 valence electrons. The second-order valence-electron chi connectivity index (χ2n) is 11.3. The molecule has 2 aliphatic rings. The normalized spacial score (nSPS) is 25.8. The summed E-state index contributed by atoms with van der Waals surface area (Å²) >= 11 is 0. The summed E-state index contributed by atoms with van der Waals surface area (Å²) in [5.74, 6) is 1.34. The summed E-state index contributed by atoms with van der Waals surface area (Å²) in [7, 11) is 0. The van der Waals surface area contributed by atoms with Crippen LogP contribution in [0, 0.1) is 11.8 Å². The monoisotopic (exact) mass is 466 g/mol. The van der Waals surface area contributed by atoms with Crippen LogP contribution < -0.4 is 0 Å². The van der Waals surface area contributed by atoms with E-state index in [4.69, 9.17) is 14.2 Å². The first-order chi connectivity index (χ1) is 16.2. The van der Waals surface area contributed by atoms with Gasteiger partial charge in [0.15, 0.2) is 0 Å². The Bertz CT molecular complexity index is 427. The zero-order valence-corrected chi connectivity index (χ0v) is 22.9. The quantitative estimate of drug-likeness (QED) is 0.105. The van der Waals surface area contributed by atoms with Gasteiger partial charge in [0, 0.05) is 0 Å². The Morgan fingerprint density at radius 1 is 0.515 bits per heavy atom. The van der Waals surface area contributed by atoms with Gasteiger partial charge in [0.1, 0.15) is 11.2 Å². The average molecular weight is 467 g/mol. The summed E-state index contributed by atoms with van der Waals surface area (Å²) in [6.07, 6.45) is 24.0. The molecule has 4 unspecified atom stereocenters. The van der Waals surface area contributed by atoms with Gasteiger partial charge in [0.2, 0.25) is 0 Å². The topological polar surface area (TPSA) is 34.3 Å². The molecular formula is C30H58O3. The molecule has 0 amide bonds. The molecule has 2 heterocycles. The number of hydrogen-bond acceptors (Lipinski definition) is 3. The number of epoxide rings is 2. The van der Waals surface area contributed by atoms with E-state index in [1.54, 1.807) is 0 Å². The Morgan fingerprint density at radius 3 is 1.18 bits per heavy atom. The van der Waals surface area contributed by atoms with Crippen molar-refractivity contribution in [2.45, 2.75) is 154 Å². The maximum atomic E-state index is 6.45. The Morgan fingerprint density at radius 2 is 0.848 bits per heavy atom. The molecule has 2 rings (SSSR count). The van der Waals surface area contributed by atoms with Crippen molar-refractivity contribution in [3.63, 3.8) is 0 Å². The molecule has 0 aliphatic carbocycles. The molecule has 0 spiro atoms. The Labute approximate surface area is 207 Å². The lowest BCUT2D eigenvalue weighted by atomic mass is 9.83. The summed E-state index contributed by atoms with van der Waals surface area (Å²) in [6.45, 7) is 12.6. The van der Waals surface area contributed by atoms with E-state index in [-0.39, 0.29) is 11.2 Å². The zero-order chi connectivity index (χ0) is 23.8. The minimum Gasteiger partial charge on any atom is -0.375 e. The van der Waals surface area contributed by atoms with E-state index >= 15 is 0 Å². The smallest absolute Gasteiger partial charge is 0.118 e. The standard InChI is InChI=1S/C30H58O3/c1-5-9-13-15-17-21-27(19-11-7-3)29(25-32-29)23-31-24-30(26-33-30)28(20-12-8-4)22-18-16-14-10-6-2/h27-28H,5-26H2,1-4H3. The van der Waals surface area contributed by atoms with E-state index in [0.29, 0.717) is 11.8 Å². The van der Waals surface area contributed by atoms with E-state index in [1.807, 2.05) is 0 Å². The van der Waals surface area contributed by atoms with Crippen molar-refractivity contribution >= 4 is 0 Å². The van der Waals surface area contributed by atoms with Crippen molar-refractivity contribution in [2.24, 2.45) is 11.8 Å². The van der Waals surface area contributed by atoms with Crippen molar-refractivity contribution in [3.05, 3.63) is 0 Å². The number of ether oxygens (including phenoxy) is 3. The van der Waals surface area contributed by atoms with Gasteiger partial charge in [0.05, 0.1) is 26.4 Å². The molecule has 0 N–H and O–H groups in total. The molecule has 33 heavy (non-hydrogen) atoms. The van der Waals surface area contributed by atoms with Crippen LogP contribution in [-0.2, 0) is 14.2 Å². The number of rotatable bonds is 24. The lowest BCUT2D eigenvalue weighted by Crippen LogP contribution is -2.35. The molecule has 2 saturated heterocycles. The fourth-order valence-corrected chi connectivity index (χ4v) is 5.69. The highest BCUT2D eigenvalue weighted by Gasteiger charge is 2.54. The summed E-state index contributed by atoms with van der Waals surface area (Å²) < 4.78 is 18.7. The van der Waals surface area contributed by atoms with Gasteiger partial charge in [0.25, 0.3) is 0 Å². The Balaban J connectivity index is 1.80. The van der Waals surface area contributed by atoms with Gasteiger partial charge in [-0.2, -0.15) is 0 Å². The van der Waals surface area contributed by atoms with Gasteiger partial charge in [-0.25, -0.2) is 0 Å². The van der Waals surface area contributed by atoms with Gasteiger partial charge >= 0.3 is 0 Å². The van der Waals surface area contributed by atoms with E-state index < -0.39 is 0 Å². The molecule has 0 aromatic carbocycles. The van der Waals surface area contributed by atoms with Gasteiger partial charge in [-0.05, 0) is 37.5 Å². The van der Waals surface area contributed by atoms with Crippen LogP contribution >= 0.6 is 0 Å². The first-order valence-corrected chi connectivity index (χ1v) is 15.0. The van der Waals surface area contributed by atoms with Crippen molar-refractivity contribution < 1.29 is 14.2 Å². The van der Waals surface area contributed by atoms with Crippen LogP contribution in [0.3, 0.4) is 0 Å². The largest absolute Gasteiger partial charge is 0.375 e. The third kappa shape index (κ3) is 10.6. The summed E-state index contributed by atoms with van der Waals surface area (Å²) in [5.41, 5.74) is 0.0180. The van der Waals surface area contributed by atoms with Crippen LogP contribution in [0.2, 0.25) is 0 Å². The van der Waals surface area contributed by atoms with Crippen LogP contribution in [0.4, 0.5) is 0 Å². The molecule has 4 atom stereocenters. The Kier molecular flexibility index (Phi) is 14.6. The van der Waals surface area contributed by atoms with Gasteiger partial charge in [-0.15, -0.1) is 0 Å². The van der Waals surface area contributed by atoms with Crippen molar-refractivity contribution in [3.8, 4) is 0 Å². The fraction of sp³-hybridized carbons (Fsp3) is 1.00. The molecule has 3 nitrogen and oxygen atoms in total. The minimum atomic E-state index is 0.00900. The van der Waals surface area contributed by atoms with Gasteiger partial charge in [-0.3, -0.25) is 0 Å². The first kappa shape index (κ1) is 29.1. The van der Waals surface area contributed by atoms with Gasteiger partial charge in [-0.1, -0.05) is 118 Å². The maximum Gasteiger partial charge on any atom is 0.118 e. The molecule has 3 heteroatoms. The molecule has 2 aliphatic heterocycles. The van der Waals surface area contributed by atoms with Crippen molar-refractivity contribution in [1.82, 2.24) is 0 Å². The summed E-state index contributed by atoms with van der Waals surface area (Å²) in [5, 5.41) is 0. The third-order valence-electron chi connectivity index (χ3n) is 8.34. The van der Waals surface area contributed by atoms with Crippen LogP contribution in [0.1, 0.15) is 143 Å². The predicted octanol–water partition coefficient (Wildman–Crippen LogP) is 8.87. The average Bonchev–Trinajstić information content (AvgIpc) is 3.75. The molecule has 0 aromatic heterocycles. The second kappa shape index (κ2) is 16.5. The zero-order valence-electron chi connectivity index (χ0n) is 22.9. The van der Waals surface area contributed by atoms with E-state index in [0.717, 1.165) is 26.4 Å². The molecule has 0 radical (unpaired) electrons. The van der Waals surface area contributed by atoms with Crippen LogP contribution in [-0.4, -0.2) is 37.6 Å². The van der Waals surface area contributed by atoms with Gasteiger partial charge < -0.3 is 14.2 Å². The molecule has 0 bridgehead atoms. The molecule has 2 fully saturated rings. The SMILES string of the molecule is CCCCCCCC(CCCC)C1(COCC2(C(CCCC)CCCCCCC)CO2)CO1. The van der Waals surface area contributed by atoms with Crippen LogP contribution in [0.25, 0.3) is 0 Å². The summed E-state index contributed by atoms with van der Waals surface area (Å²) in [4.78, 5) is 0. The number of unbranched alkanes of at least 4 members (excludes halogenated alkanes) is 10. The lowest BCUT2D eigenvalue weighted by Gasteiger charge is -2.27. The van der Waals surface area contributed by atoms with E-state index in [2.05, 4.69) is 27.7 Å². The van der Waals surface area contributed by atoms with E-state index in [1.165, 1.54) is 116 Å². The predicted molar refractivity (Wildman–Crippen MR) is 141 cm³/mol.